The first kappa shape index (κ1) is 14.6. The molecule has 3 rings (SSSR count). The number of fused-ring (bicyclic) bond motifs is 1. The maximum Gasteiger partial charge on any atom is 0.178 e. The fourth-order valence-corrected chi connectivity index (χ4v) is 3.46. The molecule has 2 aromatic rings. The SMILES string of the molecule is COc1ccc2[nH]c(=S)n(CC3CCN(C(C)C)C3)c2c1. The molecular formula is C16H23N3OS. The van der Waals surface area contributed by atoms with Crippen molar-refractivity contribution in [2.24, 2.45) is 5.92 Å². The Morgan fingerprint density at radius 3 is 2.90 bits per heavy atom. The number of imidazole rings is 1. The summed E-state index contributed by atoms with van der Waals surface area (Å²) >= 11 is 5.50. The molecule has 0 radical (unpaired) electrons. The maximum atomic E-state index is 5.50. The Labute approximate surface area is 130 Å². The van der Waals surface area contributed by atoms with Gasteiger partial charge in [0.05, 0.1) is 18.1 Å². The van der Waals surface area contributed by atoms with Gasteiger partial charge in [-0.15, -0.1) is 0 Å². The first-order valence-electron chi connectivity index (χ1n) is 7.59. The van der Waals surface area contributed by atoms with Gasteiger partial charge in [-0.3, -0.25) is 0 Å². The van der Waals surface area contributed by atoms with Gasteiger partial charge in [0.15, 0.2) is 4.77 Å². The topological polar surface area (TPSA) is 33.2 Å². The lowest BCUT2D eigenvalue weighted by Crippen LogP contribution is -2.28. The Morgan fingerprint density at radius 1 is 1.43 bits per heavy atom. The van der Waals surface area contributed by atoms with Crippen molar-refractivity contribution >= 4 is 23.3 Å². The largest absolute Gasteiger partial charge is 0.497 e. The first-order valence-corrected chi connectivity index (χ1v) is 8.00. The van der Waals surface area contributed by atoms with Gasteiger partial charge in [-0.1, -0.05) is 0 Å². The van der Waals surface area contributed by atoms with Crippen molar-refractivity contribution in [3.63, 3.8) is 0 Å². The van der Waals surface area contributed by atoms with Crippen LogP contribution in [-0.2, 0) is 6.54 Å². The van der Waals surface area contributed by atoms with Crippen LogP contribution in [0, 0.1) is 10.7 Å². The van der Waals surface area contributed by atoms with Gasteiger partial charge in [-0.2, -0.15) is 0 Å². The van der Waals surface area contributed by atoms with Crippen LogP contribution in [0.25, 0.3) is 11.0 Å². The van der Waals surface area contributed by atoms with Crippen LogP contribution in [-0.4, -0.2) is 40.7 Å². The summed E-state index contributed by atoms with van der Waals surface area (Å²) in [4.78, 5) is 5.84. The lowest BCUT2D eigenvalue weighted by Gasteiger charge is -2.20. The summed E-state index contributed by atoms with van der Waals surface area (Å²) in [5.74, 6) is 1.55. The summed E-state index contributed by atoms with van der Waals surface area (Å²) in [5, 5.41) is 0. The van der Waals surface area contributed by atoms with Crippen LogP contribution in [0.4, 0.5) is 0 Å². The Bertz CT molecular complexity index is 688. The van der Waals surface area contributed by atoms with E-state index in [9.17, 15) is 0 Å². The van der Waals surface area contributed by atoms with Crippen molar-refractivity contribution in [1.82, 2.24) is 14.5 Å². The predicted molar refractivity (Wildman–Crippen MR) is 88.5 cm³/mol. The van der Waals surface area contributed by atoms with Gasteiger partial charge >= 0.3 is 0 Å². The second-order valence-corrected chi connectivity index (χ2v) is 6.55. The van der Waals surface area contributed by atoms with Gasteiger partial charge in [-0.25, -0.2) is 0 Å². The molecule has 1 aliphatic heterocycles. The molecule has 4 nitrogen and oxygen atoms in total. The Kier molecular flexibility index (Phi) is 4.04. The third-order valence-corrected chi connectivity index (χ3v) is 4.79. The molecule has 1 aromatic heterocycles. The molecule has 0 bridgehead atoms. The smallest absolute Gasteiger partial charge is 0.178 e. The number of aromatic nitrogens is 2. The Hall–Kier alpha value is -1.33. The number of methoxy groups -OCH3 is 1. The molecule has 0 saturated carbocycles. The Morgan fingerprint density at radius 2 is 2.24 bits per heavy atom. The van der Waals surface area contributed by atoms with Crippen molar-refractivity contribution in [3.05, 3.63) is 23.0 Å². The third kappa shape index (κ3) is 2.85. The van der Waals surface area contributed by atoms with E-state index in [2.05, 4.69) is 34.4 Å². The fourth-order valence-electron chi connectivity index (χ4n) is 3.18. The number of ether oxygens (including phenoxy) is 1. The second kappa shape index (κ2) is 5.81. The van der Waals surface area contributed by atoms with Crippen LogP contribution in [0.15, 0.2) is 18.2 Å². The molecule has 1 aromatic carbocycles. The van der Waals surface area contributed by atoms with Crippen LogP contribution < -0.4 is 4.74 Å². The minimum absolute atomic E-state index is 0.631. The molecular weight excluding hydrogens is 282 g/mol. The van der Waals surface area contributed by atoms with Gasteiger partial charge in [0.25, 0.3) is 0 Å². The van der Waals surface area contributed by atoms with Gasteiger partial charge in [0.2, 0.25) is 0 Å². The van der Waals surface area contributed by atoms with Crippen molar-refractivity contribution in [2.75, 3.05) is 20.2 Å². The number of nitrogens with one attached hydrogen (secondary N) is 1. The van der Waals surface area contributed by atoms with Crippen molar-refractivity contribution in [3.8, 4) is 5.75 Å². The van der Waals surface area contributed by atoms with E-state index in [1.807, 2.05) is 12.1 Å². The number of H-pyrrole nitrogens is 1. The lowest BCUT2D eigenvalue weighted by atomic mass is 10.1. The number of hydrogen-bond donors (Lipinski definition) is 1. The van der Waals surface area contributed by atoms with Crippen molar-refractivity contribution in [2.45, 2.75) is 32.9 Å². The summed E-state index contributed by atoms with van der Waals surface area (Å²) in [6.07, 6.45) is 1.25. The normalized spacial score (nSPS) is 19.7. The van der Waals surface area contributed by atoms with E-state index >= 15 is 0 Å². The number of likely N-dealkylation sites (tertiary alicyclic amines) is 1. The van der Waals surface area contributed by atoms with Crippen LogP contribution in [0.1, 0.15) is 20.3 Å². The molecule has 2 heterocycles. The monoisotopic (exact) mass is 305 g/mol. The van der Waals surface area contributed by atoms with Crippen LogP contribution in [0.3, 0.4) is 0 Å². The number of nitrogens with zero attached hydrogens (tertiary/aromatic N) is 2. The Balaban J connectivity index is 1.87. The highest BCUT2D eigenvalue weighted by Crippen LogP contribution is 2.25. The van der Waals surface area contributed by atoms with Crippen LogP contribution >= 0.6 is 12.2 Å². The average molecular weight is 305 g/mol. The molecule has 1 saturated heterocycles. The second-order valence-electron chi connectivity index (χ2n) is 6.17. The molecule has 0 aliphatic carbocycles. The third-order valence-electron chi connectivity index (χ3n) is 4.47. The zero-order valence-electron chi connectivity index (χ0n) is 12.9. The van der Waals surface area contributed by atoms with E-state index in [-0.39, 0.29) is 0 Å². The van der Waals surface area contributed by atoms with E-state index in [1.165, 1.54) is 13.0 Å². The molecule has 0 spiro atoms. The quantitative estimate of drug-likeness (QED) is 0.879. The molecule has 1 unspecified atom stereocenters. The maximum absolute atomic E-state index is 5.50. The number of hydrogen-bond acceptors (Lipinski definition) is 3. The van der Waals surface area contributed by atoms with Crippen molar-refractivity contribution < 1.29 is 4.74 Å². The van der Waals surface area contributed by atoms with Gasteiger partial charge in [-0.05, 0) is 57.1 Å². The number of benzene rings is 1. The fraction of sp³-hybridized carbons (Fsp3) is 0.562. The highest BCUT2D eigenvalue weighted by Gasteiger charge is 2.25. The molecule has 1 N–H and O–H groups in total. The molecule has 114 valence electrons. The number of rotatable bonds is 4. The lowest BCUT2D eigenvalue weighted by molar-refractivity contribution is 0.261. The van der Waals surface area contributed by atoms with E-state index < -0.39 is 0 Å². The molecule has 0 amide bonds. The molecule has 1 atom stereocenters. The molecule has 5 heteroatoms. The number of aromatic amines is 1. The summed E-state index contributed by atoms with van der Waals surface area (Å²) in [7, 11) is 1.70. The summed E-state index contributed by atoms with van der Waals surface area (Å²) in [5.41, 5.74) is 2.22. The minimum atomic E-state index is 0.631. The molecule has 1 fully saturated rings. The van der Waals surface area contributed by atoms with Gasteiger partial charge in [0, 0.05) is 25.2 Å². The van der Waals surface area contributed by atoms with E-state index in [4.69, 9.17) is 17.0 Å². The zero-order chi connectivity index (χ0) is 15.0. The highest BCUT2D eigenvalue weighted by molar-refractivity contribution is 7.71. The summed E-state index contributed by atoms with van der Waals surface area (Å²) in [6, 6.07) is 6.70. The minimum Gasteiger partial charge on any atom is -0.497 e. The summed E-state index contributed by atoms with van der Waals surface area (Å²) in [6.45, 7) is 7.88. The van der Waals surface area contributed by atoms with E-state index in [0.29, 0.717) is 12.0 Å². The van der Waals surface area contributed by atoms with Gasteiger partial charge in [0.1, 0.15) is 5.75 Å². The van der Waals surface area contributed by atoms with Crippen molar-refractivity contribution in [1.29, 1.82) is 0 Å². The van der Waals surface area contributed by atoms with Gasteiger partial charge < -0.3 is 19.2 Å². The zero-order valence-corrected chi connectivity index (χ0v) is 13.7. The van der Waals surface area contributed by atoms with Crippen LogP contribution in [0.5, 0.6) is 5.75 Å². The standard InChI is InChI=1S/C16H23N3OS/c1-11(2)18-7-6-12(9-18)10-19-15-8-13(20-3)4-5-14(15)17-16(19)21/h4-5,8,11-12H,6-7,9-10H2,1-3H3,(H,17,21). The molecule has 21 heavy (non-hydrogen) atoms. The molecule has 1 aliphatic rings. The average Bonchev–Trinajstić information content (AvgIpc) is 3.05. The predicted octanol–water partition coefficient (Wildman–Crippen LogP) is 3.44. The first-order chi connectivity index (χ1) is 10.1. The van der Waals surface area contributed by atoms with E-state index in [0.717, 1.165) is 34.6 Å². The highest BCUT2D eigenvalue weighted by atomic mass is 32.1. The summed E-state index contributed by atoms with van der Waals surface area (Å²) < 4.78 is 8.37. The van der Waals surface area contributed by atoms with Crippen LogP contribution in [0.2, 0.25) is 0 Å². The van der Waals surface area contributed by atoms with E-state index in [1.54, 1.807) is 7.11 Å².